The summed E-state index contributed by atoms with van der Waals surface area (Å²) in [4.78, 5) is 40.3. The molecule has 6 N–H and O–H groups in total. The highest BCUT2D eigenvalue weighted by atomic mass is 32.2. The molecule has 3 atom stereocenters. The Morgan fingerprint density at radius 2 is 1.55 bits per heavy atom. The van der Waals surface area contributed by atoms with Crippen LogP contribution in [-0.4, -0.2) is 58.1 Å². The number of rotatable bonds is 16. The maximum atomic E-state index is 13.9. The van der Waals surface area contributed by atoms with Crippen LogP contribution in [-0.2, 0) is 27.8 Å². The molecule has 13 heteroatoms. The summed E-state index contributed by atoms with van der Waals surface area (Å²) in [5.74, 6) is -1.12. The molecule has 4 aromatic rings. The van der Waals surface area contributed by atoms with Gasteiger partial charge < -0.3 is 27.0 Å². The van der Waals surface area contributed by atoms with E-state index in [9.17, 15) is 22.8 Å². The number of benzene rings is 3. The molecule has 2 unspecified atom stereocenters. The Hall–Kier alpha value is -4.72. The highest BCUT2D eigenvalue weighted by Crippen LogP contribution is 2.23. The molecule has 4 rings (SSSR count). The molecule has 1 aromatic heterocycles. The van der Waals surface area contributed by atoms with Crippen LogP contribution in [0.3, 0.4) is 0 Å². The maximum Gasteiger partial charge on any atom is 0.251 e. The van der Waals surface area contributed by atoms with Crippen molar-refractivity contribution in [2.24, 2.45) is 0 Å². The van der Waals surface area contributed by atoms with Crippen molar-refractivity contribution < 1.29 is 22.8 Å². The minimum Gasteiger partial charge on any atom is -0.399 e. The summed E-state index contributed by atoms with van der Waals surface area (Å²) < 4.78 is 26.0. The number of thiophene rings is 1. The Kier molecular flexibility index (Phi) is 12.9. The number of nitrogens with zero attached hydrogens (tertiary/aromatic N) is 1. The van der Waals surface area contributed by atoms with E-state index in [-0.39, 0.29) is 35.3 Å². The SMILES string of the molecule is CC[C@H](NCC(Cc1ccccc1)NC(=O)c1cc(C(=O)NC(C)c2ccsc2)cc(N(C)S(C)(=O)=O)c1)C(=O)NCc1ccc(N)cc1. The first-order valence-corrected chi connectivity index (χ1v) is 18.8. The number of amides is 3. The van der Waals surface area contributed by atoms with Crippen LogP contribution in [0.1, 0.15) is 63.7 Å². The molecule has 0 saturated heterocycles. The summed E-state index contributed by atoms with van der Waals surface area (Å²) in [6, 6.07) is 21.9. The van der Waals surface area contributed by atoms with Crippen LogP contribution in [0.15, 0.2) is 89.6 Å². The van der Waals surface area contributed by atoms with Crippen molar-refractivity contribution in [1.82, 2.24) is 21.3 Å². The second-order valence-electron chi connectivity index (χ2n) is 11.9. The van der Waals surface area contributed by atoms with Crippen molar-refractivity contribution in [2.75, 3.05) is 29.9 Å². The van der Waals surface area contributed by atoms with Crippen molar-refractivity contribution in [2.45, 2.75) is 51.4 Å². The molecule has 0 aliphatic rings. The third kappa shape index (κ3) is 10.9. The van der Waals surface area contributed by atoms with Crippen LogP contribution in [0, 0.1) is 0 Å². The summed E-state index contributed by atoms with van der Waals surface area (Å²) in [7, 11) is -2.33. The van der Waals surface area contributed by atoms with Crippen molar-refractivity contribution >= 4 is 50.5 Å². The fourth-order valence-corrected chi connectivity index (χ4v) is 6.37. The van der Waals surface area contributed by atoms with Gasteiger partial charge in [0.05, 0.1) is 24.0 Å². The van der Waals surface area contributed by atoms with E-state index in [0.717, 1.165) is 27.3 Å². The molecule has 0 aliphatic carbocycles. The van der Waals surface area contributed by atoms with Gasteiger partial charge in [0.1, 0.15) is 0 Å². The van der Waals surface area contributed by atoms with Gasteiger partial charge in [0.25, 0.3) is 11.8 Å². The third-order valence-corrected chi connectivity index (χ3v) is 10.0. The van der Waals surface area contributed by atoms with Crippen molar-refractivity contribution in [3.63, 3.8) is 0 Å². The molecule has 49 heavy (non-hydrogen) atoms. The average molecular weight is 705 g/mol. The average Bonchev–Trinajstić information content (AvgIpc) is 3.63. The number of nitrogens with two attached hydrogens (primary N) is 1. The topological polar surface area (TPSA) is 163 Å². The largest absolute Gasteiger partial charge is 0.399 e. The van der Waals surface area contributed by atoms with Crippen LogP contribution < -0.4 is 31.3 Å². The lowest BCUT2D eigenvalue weighted by Gasteiger charge is -2.24. The number of nitrogens with one attached hydrogen (secondary N) is 4. The molecule has 0 saturated carbocycles. The first-order valence-electron chi connectivity index (χ1n) is 16.0. The number of hydrogen-bond acceptors (Lipinski definition) is 8. The summed E-state index contributed by atoms with van der Waals surface area (Å²) in [5, 5.41) is 16.1. The number of carbonyl (C=O) groups excluding carboxylic acids is 3. The monoisotopic (exact) mass is 704 g/mol. The Labute approximate surface area is 292 Å². The fourth-order valence-electron chi connectivity index (χ4n) is 5.13. The molecule has 0 fully saturated rings. The Morgan fingerprint density at radius 1 is 0.898 bits per heavy atom. The standard InChI is InChI=1S/C36H44N6O5S2/c1-5-33(36(45)39-21-26-11-13-30(37)14-12-26)38-22-31(17-25-9-7-6-8-10-25)41-35(44)29-18-28(19-32(20-29)42(3)49(4,46)47)34(43)40-24(2)27-15-16-48-23-27/h6-16,18-20,23-24,31,33,38H,5,17,21-22,37H2,1-4H3,(H,39,45)(H,40,43)(H,41,44)/t24?,31?,33-/m0/s1. The number of nitrogen functional groups attached to an aromatic ring is 1. The number of sulfonamides is 1. The van der Waals surface area contributed by atoms with Gasteiger partial charge in [-0.15, -0.1) is 0 Å². The van der Waals surface area contributed by atoms with E-state index in [1.807, 2.05) is 73.1 Å². The Bertz CT molecular complexity index is 1820. The minimum absolute atomic E-state index is 0.118. The Balaban J connectivity index is 1.54. The van der Waals surface area contributed by atoms with Crippen molar-refractivity contribution in [3.8, 4) is 0 Å². The van der Waals surface area contributed by atoms with Crippen molar-refractivity contribution in [3.05, 3.63) is 117 Å². The van der Waals surface area contributed by atoms with Crippen LogP contribution in [0.4, 0.5) is 11.4 Å². The number of anilines is 2. The molecule has 0 radical (unpaired) electrons. The van der Waals surface area contributed by atoms with E-state index in [1.54, 1.807) is 12.1 Å². The molecule has 0 spiro atoms. The zero-order chi connectivity index (χ0) is 35.6. The molecule has 0 bridgehead atoms. The van der Waals surface area contributed by atoms with Gasteiger partial charge in [0.2, 0.25) is 15.9 Å². The minimum atomic E-state index is -3.70. The highest BCUT2D eigenvalue weighted by molar-refractivity contribution is 7.92. The first kappa shape index (κ1) is 37.1. The summed E-state index contributed by atoms with van der Waals surface area (Å²) in [6.07, 6.45) is 2.02. The van der Waals surface area contributed by atoms with Gasteiger partial charge in [0.15, 0.2) is 0 Å². The van der Waals surface area contributed by atoms with Gasteiger partial charge in [-0.1, -0.05) is 49.4 Å². The van der Waals surface area contributed by atoms with E-state index in [0.29, 0.717) is 25.1 Å². The van der Waals surface area contributed by atoms with Crippen molar-refractivity contribution in [1.29, 1.82) is 0 Å². The van der Waals surface area contributed by atoms with Crippen LogP contribution in [0.2, 0.25) is 0 Å². The molecular formula is C36H44N6O5S2. The first-order chi connectivity index (χ1) is 23.3. The highest BCUT2D eigenvalue weighted by Gasteiger charge is 2.23. The van der Waals surface area contributed by atoms with Gasteiger partial charge in [-0.2, -0.15) is 11.3 Å². The molecule has 260 valence electrons. The van der Waals surface area contributed by atoms with Crippen LogP contribution >= 0.6 is 11.3 Å². The lowest BCUT2D eigenvalue weighted by atomic mass is 10.0. The second-order valence-corrected chi connectivity index (χ2v) is 14.7. The molecule has 1 heterocycles. The normalized spacial score (nSPS) is 13.1. The zero-order valence-electron chi connectivity index (χ0n) is 28.1. The van der Waals surface area contributed by atoms with E-state index < -0.39 is 33.9 Å². The van der Waals surface area contributed by atoms with Gasteiger partial charge >= 0.3 is 0 Å². The molecule has 3 amide bonds. The van der Waals surface area contributed by atoms with E-state index in [4.69, 9.17) is 5.73 Å². The van der Waals surface area contributed by atoms with Gasteiger partial charge in [0, 0.05) is 43.0 Å². The third-order valence-electron chi connectivity index (χ3n) is 8.14. The summed E-state index contributed by atoms with van der Waals surface area (Å²) in [5.41, 5.74) is 9.67. The van der Waals surface area contributed by atoms with Gasteiger partial charge in [-0.3, -0.25) is 18.7 Å². The fraction of sp³-hybridized carbons (Fsp3) is 0.306. The Morgan fingerprint density at radius 3 is 2.14 bits per heavy atom. The van der Waals surface area contributed by atoms with Gasteiger partial charge in [-0.05, 0) is 83.6 Å². The van der Waals surface area contributed by atoms with E-state index >= 15 is 0 Å². The quantitative estimate of drug-likeness (QED) is 0.109. The smallest absolute Gasteiger partial charge is 0.251 e. The lowest BCUT2D eigenvalue weighted by molar-refractivity contribution is -0.123. The van der Waals surface area contributed by atoms with Gasteiger partial charge in [-0.25, -0.2) is 8.42 Å². The van der Waals surface area contributed by atoms with E-state index in [1.165, 1.54) is 36.6 Å². The second kappa shape index (κ2) is 17.1. The molecule has 0 aliphatic heterocycles. The summed E-state index contributed by atoms with van der Waals surface area (Å²) >= 11 is 1.51. The van der Waals surface area contributed by atoms with Crippen LogP contribution in [0.5, 0.6) is 0 Å². The summed E-state index contributed by atoms with van der Waals surface area (Å²) in [6.45, 7) is 4.37. The number of hydrogen-bond donors (Lipinski definition) is 5. The molecule has 11 nitrogen and oxygen atoms in total. The number of carbonyl (C=O) groups is 3. The van der Waals surface area contributed by atoms with E-state index in [2.05, 4.69) is 21.3 Å². The lowest BCUT2D eigenvalue weighted by Crippen LogP contribution is -2.50. The maximum absolute atomic E-state index is 13.9. The predicted octanol–water partition coefficient (Wildman–Crippen LogP) is 4.24. The van der Waals surface area contributed by atoms with Crippen LogP contribution in [0.25, 0.3) is 0 Å². The molecule has 3 aromatic carbocycles. The predicted molar refractivity (Wildman–Crippen MR) is 196 cm³/mol. The molecular weight excluding hydrogens is 661 g/mol. The zero-order valence-corrected chi connectivity index (χ0v) is 29.7.